The van der Waals surface area contributed by atoms with Gasteiger partial charge in [-0.05, 0) is 28.1 Å². The maximum Gasteiger partial charge on any atom is 0.340 e. The Hall–Kier alpha value is -0.740. The molecule has 0 bridgehead atoms. The zero-order valence-corrected chi connectivity index (χ0v) is 9.02. The first-order chi connectivity index (χ1) is 6.06. The molecule has 0 heterocycles. The van der Waals surface area contributed by atoms with Gasteiger partial charge >= 0.3 is 5.97 Å². The average Bonchev–Trinajstić information content (AvgIpc) is 2.01. The van der Waals surface area contributed by atoms with Gasteiger partial charge in [-0.2, -0.15) is 0 Å². The Balaban J connectivity index is 3.38. The lowest BCUT2D eigenvalue weighted by Crippen LogP contribution is -2.01. The molecule has 0 aliphatic carbocycles. The number of hydrogen-bond acceptors (Lipinski definition) is 2. The Morgan fingerprint density at radius 3 is 2.69 bits per heavy atom. The van der Waals surface area contributed by atoms with E-state index in [1.165, 1.54) is 19.2 Å². The molecule has 0 aliphatic rings. The van der Waals surface area contributed by atoms with Crippen LogP contribution in [-0.4, -0.2) is 18.2 Å². The number of carbonyl (C=O) groups is 1. The summed E-state index contributed by atoms with van der Waals surface area (Å²) in [6.45, 7) is 0. The summed E-state index contributed by atoms with van der Waals surface area (Å²) in [5, 5.41) is 9.24. The van der Waals surface area contributed by atoms with Crippen LogP contribution >= 0.6 is 27.5 Å². The Labute approximate surface area is 88.4 Å². The molecule has 0 radical (unpaired) electrons. The van der Waals surface area contributed by atoms with E-state index >= 15 is 0 Å². The first-order valence-corrected chi connectivity index (χ1v) is 4.49. The summed E-state index contributed by atoms with van der Waals surface area (Å²) in [6, 6.07) is 2.96. The summed E-state index contributed by atoms with van der Waals surface area (Å²) in [7, 11) is 1.39. The third kappa shape index (κ3) is 2.14. The van der Waals surface area contributed by atoms with Gasteiger partial charge in [0.1, 0.15) is 11.3 Å². The van der Waals surface area contributed by atoms with E-state index in [0.29, 0.717) is 9.50 Å². The van der Waals surface area contributed by atoms with Crippen LogP contribution in [0.1, 0.15) is 10.4 Å². The fourth-order valence-electron chi connectivity index (χ4n) is 0.919. The third-order valence-electron chi connectivity index (χ3n) is 1.45. The second-order valence-electron chi connectivity index (χ2n) is 2.27. The lowest BCUT2D eigenvalue weighted by Gasteiger charge is -2.06. The lowest BCUT2D eigenvalue weighted by molar-refractivity contribution is 0.0692. The smallest absolute Gasteiger partial charge is 0.340 e. The van der Waals surface area contributed by atoms with Crippen molar-refractivity contribution >= 4 is 33.5 Å². The van der Waals surface area contributed by atoms with E-state index in [-0.39, 0.29) is 11.3 Å². The van der Waals surface area contributed by atoms with Crippen LogP contribution in [0.3, 0.4) is 0 Å². The van der Waals surface area contributed by atoms with Crippen molar-refractivity contribution in [3.8, 4) is 5.75 Å². The molecule has 1 aromatic carbocycles. The van der Waals surface area contributed by atoms with E-state index in [1.54, 1.807) is 0 Å². The molecule has 13 heavy (non-hydrogen) atoms. The Kier molecular flexibility index (Phi) is 3.17. The topological polar surface area (TPSA) is 46.5 Å². The van der Waals surface area contributed by atoms with Crippen molar-refractivity contribution < 1.29 is 14.6 Å². The van der Waals surface area contributed by atoms with Crippen LogP contribution in [0.15, 0.2) is 16.6 Å². The second-order valence-corrected chi connectivity index (χ2v) is 3.56. The van der Waals surface area contributed by atoms with Crippen molar-refractivity contribution in [3.05, 3.63) is 27.2 Å². The Bertz CT molecular complexity index is 351. The van der Waals surface area contributed by atoms with E-state index in [9.17, 15) is 4.79 Å². The summed E-state index contributed by atoms with van der Waals surface area (Å²) in [5.74, 6) is -0.813. The highest BCUT2D eigenvalue weighted by molar-refractivity contribution is 9.10. The molecule has 0 unspecified atom stereocenters. The number of carboxylic acids is 1. The number of ether oxygens (including phenoxy) is 1. The van der Waals surface area contributed by atoms with Gasteiger partial charge in [0.05, 0.1) is 7.11 Å². The molecule has 1 N–H and O–H groups in total. The normalized spacial score (nSPS) is 9.77. The van der Waals surface area contributed by atoms with Gasteiger partial charge in [0.2, 0.25) is 0 Å². The van der Waals surface area contributed by atoms with Crippen LogP contribution in [0.25, 0.3) is 0 Å². The zero-order valence-electron chi connectivity index (χ0n) is 6.67. The predicted octanol–water partition coefficient (Wildman–Crippen LogP) is 2.81. The predicted molar refractivity (Wildman–Crippen MR) is 52.7 cm³/mol. The number of rotatable bonds is 2. The van der Waals surface area contributed by atoms with Gasteiger partial charge in [0, 0.05) is 9.50 Å². The quantitative estimate of drug-likeness (QED) is 0.894. The van der Waals surface area contributed by atoms with Crippen LogP contribution in [0.2, 0.25) is 5.02 Å². The van der Waals surface area contributed by atoms with E-state index in [1.807, 2.05) is 0 Å². The summed E-state index contributed by atoms with van der Waals surface area (Å²) >= 11 is 8.80. The molecule has 0 saturated heterocycles. The largest absolute Gasteiger partial charge is 0.496 e. The minimum absolute atomic E-state index is 0.0758. The summed E-state index contributed by atoms with van der Waals surface area (Å²) in [5.41, 5.74) is 0.0758. The van der Waals surface area contributed by atoms with Gasteiger partial charge < -0.3 is 9.84 Å². The zero-order chi connectivity index (χ0) is 10.0. The van der Waals surface area contributed by atoms with Crippen LogP contribution in [0.4, 0.5) is 0 Å². The van der Waals surface area contributed by atoms with Crippen LogP contribution in [0.5, 0.6) is 5.75 Å². The van der Waals surface area contributed by atoms with Crippen molar-refractivity contribution in [2.45, 2.75) is 0 Å². The van der Waals surface area contributed by atoms with E-state index in [4.69, 9.17) is 21.4 Å². The fourth-order valence-corrected chi connectivity index (χ4v) is 1.87. The Morgan fingerprint density at radius 1 is 1.62 bits per heavy atom. The van der Waals surface area contributed by atoms with Crippen molar-refractivity contribution in [2.24, 2.45) is 0 Å². The van der Waals surface area contributed by atoms with Crippen molar-refractivity contribution in [3.63, 3.8) is 0 Å². The van der Waals surface area contributed by atoms with Gasteiger partial charge in [-0.1, -0.05) is 11.6 Å². The summed E-state index contributed by atoms with van der Waals surface area (Å²) < 4.78 is 5.28. The SMILES string of the molecule is COc1cc(Cl)cc(Br)c1C(=O)O. The molecule has 0 fully saturated rings. The number of halogens is 2. The minimum atomic E-state index is -1.06. The van der Waals surface area contributed by atoms with Crippen molar-refractivity contribution in [2.75, 3.05) is 7.11 Å². The van der Waals surface area contributed by atoms with Gasteiger partial charge in [-0.25, -0.2) is 4.79 Å². The van der Waals surface area contributed by atoms with E-state index < -0.39 is 5.97 Å². The first kappa shape index (κ1) is 10.3. The monoisotopic (exact) mass is 264 g/mol. The molecule has 1 rings (SSSR count). The maximum absolute atomic E-state index is 10.8. The van der Waals surface area contributed by atoms with E-state index in [0.717, 1.165) is 0 Å². The lowest BCUT2D eigenvalue weighted by atomic mass is 10.2. The van der Waals surface area contributed by atoms with E-state index in [2.05, 4.69) is 15.9 Å². The molecular formula is C8H6BrClO3. The summed E-state index contributed by atoms with van der Waals surface area (Å²) in [4.78, 5) is 10.8. The van der Waals surface area contributed by atoms with Crippen LogP contribution in [0, 0.1) is 0 Å². The number of methoxy groups -OCH3 is 1. The molecule has 0 atom stereocenters. The number of aromatic carboxylic acids is 1. The number of benzene rings is 1. The molecule has 0 aromatic heterocycles. The van der Waals surface area contributed by atoms with Crippen LogP contribution < -0.4 is 4.74 Å². The van der Waals surface area contributed by atoms with Crippen molar-refractivity contribution in [1.29, 1.82) is 0 Å². The van der Waals surface area contributed by atoms with Crippen LogP contribution in [-0.2, 0) is 0 Å². The summed E-state index contributed by atoms with van der Waals surface area (Å²) in [6.07, 6.45) is 0. The number of hydrogen-bond donors (Lipinski definition) is 1. The second kappa shape index (κ2) is 3.98. The van der Waals surface area contributed by atoms with Gasteiger partial charge in [0.15, 0.2) is 0 Å². The number of carboxylic acid groups (broad SMARTS) is 1. The minimum Gasteiger partial charge on any atom is -0.496 e. The molecule has 1 aromatic rings. The molecule has 0 saturated carbocycles. The molecule has 5 heteroatoms. The molecule has 0 spiro atoms. The third-order valence-corrected chi connectivity index (χ3v) is 2.30. The standard InChI is InChI=1S/C8H6BrClO3/c1-13-6-3-4(10)2-5(9)7(6)8(11)12/h2-3H,1H3,(H,11,12). The molecule has 0 amide bonds. The maximum atomic E-state index is 10.8. The highest BCUT2D eigenvalue weighted by Crippen LogP contribution is 2.30. The highest BCUT2D eigenvalue weighted by Gasteiger charge is 2.15. The molecule has 70 valence electrons. The van der Waals surface area contributed by atoms with Gasteiger partial charge in [0.25, 0.3) is 0 Å². The molecule has 3 nitrogen and oxygen atoms in total. The molecular weight excluding hydrogens is 259 g/mol. The molecule has 0 aliphatic heterocycles. The first-order valence-electron chi connectivity index (χ1n) is 3.32. The highest BCUT2D eigenvalue weighted by atomic mass is 79.9. The average molecular weight is 265 g/mol. The van der Waals surface area contributed by atoms with Gasteiger partial charge in [-0.3, -0.25) is 0 Å². The fraction of sp³-hybridized carbons (Fsp3) is 0.125. The Morgan fingerprint density at radius 2 is 2.23 bits per heavy atom. The van der Waals surface area contributed by atoms with Crippen molar-refractivity contribution in [1.82, 2.24) is 0 Å². The van der Waals surface area contributed by atoms with Gasteiger partial charge in [-0.15, -0.1) is 0 Å².